The monoisotopic (exact) mass is 422 g/mol. The quantitative estimate of drug-likeness (QED) is 0.664. The molecule has 1 aromatic heterocycles. The molecule has 1 aromatic carbocycles. The Kier molecular flexibility index (Phi) is 6.64. The first-order chi connectivity index (χ1) is 15.1. The maximum Gasteiger partial charge on any atom is 0.315 e. The van der Waals surface area contributed by atoms with Crippen molar-refractivity contribution in [2.75, 3.05) is 18.0 Å². The fraction of sp³-hybridized carbons (Fsp3) is 0.478. The number of anilines is 1. The zero-order valence-corrected chi connectivity index (χ0v) is 17.7. The molecule has 2 aromatic rings. The molecule has 1 saturated carbocycles. The third kappa shape index (κ3) is 5.31. The average Bonchev–Trinajstić information content (AvgIpc) is 3.29. The van der Waals surface area contributed by atoms with Crippen molar-refractivity contribution in [2.24, 2.45) is 0 Å². The molecule has 1 aliphatic carbocycles. The predicted octanol–water partition coefficient (Wildman–Crippen LogP) is 2.37. The standard InChI is InChI=1S/C23H30N6O2/c30-20(27-19-10-6-15-29(17-19)21-24-13-7-14-25-21)23(11-4-5-12-23)28-22(31)26-16-18-8-2-1-3-9-18/h1-3,7-9,13-14,19H,4-6,10-12,15-17H2,(H,27,30)(H2,26,28,31)/t19-/m1/s1. The highest BCUT2D eigenvalue weighted by Crippen LogP contribution is 2.30. The summed E-state index contributed by atoms with van der Waals surface area (Å²) in [6.07, 6.45) is 8.52. The largest absolute Gasteiger partial charge is 0.350 e. The van der Waals surface area contributed by atoms with Crippen LogP contribution in [0.4, 0.5) is 10.7 Å². The van der Waals surface area contributed by atoms with Gasteiger partial charge in [0.2, 0.25) is 11.9 Å². The number of urea groups is 1. The molecule has 0 bridgehead atoms. The Morgan fingerprint density at radius 3 is 2.52 bits per heavy atom. The number of carbonyl (C=O) groups excluding carboxylic acids is 2. The van der Waals surface area contributed by atoms with Crippen LogP contribution in [-0.4, -0.2) is 46.6 Å². The van der Waals surface area contributed by atoms with Gasteiger partial charge in [-0.2, -0.15) is 0 Å². The van der Waals surface area contributed by atoms with Crippen molar-refractivity contribution in [2.45, 2.75) is 56.7 Å². The first kappa shape index (κ1) is 21.1. The van der Waals surface area contributed by atoms with E-state index >= 15 is 0 Å². The van der Waals surface area contributed by atoms with Gasteiger partial charge in [0.25, 0.3) is 0 Å². The maximum absolute atomic E-state index is 13.3. The van der Waals surface area contributed by atoms with Gasteiger partial charge in [0.1, 0.15) is 5.54 Å². The van der Waals surface area contributed by atoms with Gasteiger partial charge in [-0.05, 0) is 37.3 Å². The fourth-order valence-electron chi connectivity index (χ4n) is 4.48. The van der Waals surface area contributed by atoms with E-state index in [4.69, 9.17) is 0 Å². The molecule has 2 heterocycles. The van der Waals surface area contributed by atoms with Gasteiger partial charge in [0, 0.05) is 38.1 Å². The number of nitrogens with one attached hydrogen (secondary N) is 3. The Bertz CT molecular complexity index is 870. The van der Waals surface area contributed by atoms with Crippen molar-refractivity contribution in [3.05, 3.63) is 54.4 Å². The van der Waals surface area contributed by atoms with Gasteiger partial charge >= 0.3 is 6.03 Å². The first-order valence-corrected chi connectivity index (χ1v) is 11.1. The maximum atomic E-state index is 13.3. The van der Waals surface area contributed by atoms with Crippen LogP contribution in [0.15, 0.2) is 48.8 Å². The minimum Gasteiger partial charge on any atom is -0.350 e. The van der Waals surface area contributed by atoms with Gasteiger partial charge in [-0.1, -0.05) is 43.2 Å². The topological polar surface area (TPSA) is 99.2 Å². The van der Waals surface area contributed by atoms with Crippen molar-refractivity contribution in [3.63, 3.8) is 0 Å². The van der Waals surface area contributed by atoms with Crippen LogP contribution < -0.4 is 20.9 Å². The zero-order valence-electron chi connectivity index (χ0n) is 17.7. The van der Waals surface area contributed by atoms with Crippen LogP contribution in [0.3, 0.4) is 0 Å². The number of benzene rings is 1. The molecule has 8 heteroatoms. The third-order valence-corrected chi connectivity index (χ3v) is 6.13. The van der Waals surface area contributed by atoms with E-state index in [0.717, 1.165) is 37.8 Å². The van der Waals surface area contributed by atoms with E-state index in [-0.39, 0.29) is 18.0 Å². The number of nitrogens with zero attached hydrogens (tertiary/aromatic N) is 3. The Morgan fingerprint density at radius 1 is 1.03 bits per heavy atom. The molecular weight excluding hydrogens is 392 g/mol. The van der Waals surface area contributed by atoms with Gasteiger partial charge in [0.15, 0.2) is 0 Å². The van der Waals surface area contributed by atoms with Crippen LogP contribution in [0, 0.1) is 0 Å². The molecule has 2 fully saturated rings. The Morgan fingerprint density at radius 2 is 1.77 bits per heavy atom. The van der Waals surface area contributed by atoms with Crippen LogP contribution in [0.1, 0.15) is 44.1 Å². The summed E-state index contributed by atoms with van der Waals surface area (Å²) in [5.74, 6) is 0.608. The highest BCUT2D eigenvalue weighted by atomic mass is 16.2. The second kappa shape index (κ2) is 9.76. The van der Waals surface area contributed by atoms with E-state index in [1.54, 1.807) is 18.5 Å². The number of piperidine rings is 1. The summed E-state index contributed by atoms with van der Waals surface area (Å²) < 4.78 is 0. The highest BCUT2D eigenvalue weighted by molar-refractivity contribution is 5.91. The predicted molar refractivity (Wildman–Crippen MR) is 118 cm³/mol. The summed E-state index contributed by atoms with van der Waals surface area (Å²) in [6, 6.07) is 11.3. The smallest absolute Gasteiger partial charge is 0.315 e. The lowest BCUT2D eigenvalue weighted by molar-refractivity contribution is -0.127. The Labute approximate surface area is 182 Å². The number of hydrogen-bond donors (Lipinski definition) is 3. The van der Waals surface area contributed by atoms with E-state index in [2.05, 4.69) is 30.8 Å². The molecule has 1 saturated heterocycles. The summed E-state index contributed by atoms with van der Waals surface area (Å²) in [7, 11) is 0. The number of hydrogen-bond acceptors (Lipinski definition) is 5. The van der Waals surface area contributed by atoms with E-state index < -0.39 is 5.54 Å². The van der Waals surface area contributed by atoms with E-state index in [9.17, 15) is 9.59 Å². The summed E-state index contributed by atoms with van der Waals surface area (Å²) in [6.45, 7) is 1.98. The lowest BCUT2D eigenvalue weighted by Gasteiger charge is -2.36. The molecule has 4 rings (SSSR count). The molecule has 2 aliphatic rings. The zero-order chi connectivity index (χ0) is 21.5. The Balaban J connectivity index is 1.35. The van der Waals surface area contributed by atoms with Gasteiger partial charge in [-0.15, -0.1) is 0 Å². The lowest BCUT2D eigenvalue weighted by Crippen LogP contribution is -2.62. The molecule has 0 spiro atoms. The van der Waals surface area contributed by atoms with Gasteiger partial charge < -0.3 is 20.9 Å². The fourth-order valence-corrected chi connectivity index (χ4v) is 4.48. The first-order valence-electron chi connectivity index (χ1n) is 11.1. The Hall–Kier alpha value is -3.16. The van der Waals surface area contributed by atoms with Crippen LogP contribution in [0.25, 0.3) is 0 Å². The minimum absolute atomic E-state index is 0.0108. The lowest BCUT2D eigenvalue weighted by atomic mass is 9.95. The van der Waals surface area contributed by atoms with Crippen molar-refractivity contribution >= 4 is 17.9 Å². The van der Waals surface area contributed by atoms with Crippen molar-refractivity contribution in [3.8, 4) is 0 Å². The van der Waals surface area contributed by atoms with Gasteiger partial charge in [-0.3, -0.25) is 4.79 Å². The molecule has 0 unspecified atom stereocenters. The molecule has 31 heavy (non-hydrogen) atoms. The molecule has 1 atom stereocenters. The van der Waals surface area contributed by atoms with Crippen molar-refractivity contribution in [1.29, 1.82) is 0 Å². The summed E-state index contributed by atoms with van der Waals surface area (Å²) in [5, 5.41) is 9.08. The van der Waals surface area contributed by atoms with Crippen LogP contribution >= 0.6 is 0 Å². The molecule has 3 amide bonds. The third-order valence-electron chi connectivity index (χ3n) is 6.13. The summed E-state index contributed by atoms with van der Waals surface area (Å²) in [5.41, 5.74) is 0.180. The summed E-state index contributed by atoms with van der Waals surface area (Å²) in [4.78, 5) is 36.6. The molecule has 1 aliphatic heterocycles. The van der Waals surface area contributed by atoms with Crippen molar-refractivity contribution in [1.82, 2.24) is 25.9 Å². The molecule has 3 N–H and O–H groups in total. The van der Waals surface area contributed by atoms with Gasteiger partial charge in [0.05, 0.1) is 0 Å². The second-order valence-corrected chi connectivity index (χ2v) is 8.39. The van der Waals surface area contributed by atoms with E-state index in [1.165, 1.54) is 0 Å². The van der Waals surface area contributed by atoms with Gasteiger partial charge in [-0.25, -0.2) is 14.8 Å². The molecule has 164 valence electrons. The number of amides is 3. The van der Waals surface area contributed by atoms with E-state index in [1.807, 2.05) is 30.3 Å². The van der Waals surface area contributed by atoms with Crippen LogP contribution in [0.5, 0.6) is 0 Å². The second-order valence-electron chi connectivity index (χ2n) is 8.39. The van der Waals surface area contributed by atoms with Crippen molar-refractivity contribution < 1.29 is 9.59 Å². The van der Waals surface area contributed by atoms with Crippen LogP contribution in [0.2, 0.25) is 0 Å². The SMILES string of the molecule is O=C(NCc1ccccc1)NC1(C(=O)N[C@@H]2CCCN(c3ncccn3)C2)CCCC1. The summed E-state index contributed by atoms with van der Waals surface area (Å²) >= 11 is 0. The number of rotatable bonds is 6. The average molecular weight is 423 g/mol. The molecular formula is C23H30N6O2. The normalized spacial score (nSPS) is 20.1. The van der Waals surface area contributed by atoms with Crippen LogP contribution in [-0.2, 0) is 11.3 Å². The molecule has 0 radical (unpaired) electrons. The molecule has 8 nitrogen and oxygen atoms in total. The van der Waals surface area contributed by atoms with E-state index in [0.29, 0.717) is 31.9 Å². The number of carbonyl (C=O) groups is 2. The highest BCUT2D eigenvalue weighted by Gasteiger charge is 2.43. The minimum atomic E-state index is -0.841. The number of aromatic nitrogens is 2.